The second kappa shape index (κ2) is 6.09. The number of aryl methyl sites for hydroxylation is 2. The highest BCUT2D eigenvalue weighted by Crippen LogP contribution is 2.04. The molecule has 2 aromatic heterocycles. The van der Waals surface area contributed by atoms with Gasteiger partial charge in [-0.1, -0.05) is 6.92 Å². The van der Waals surface area contributed by atoms with Crippen molar-refractivity contribution in [2.24, 2.45) is 0 Å². The molecule has 2 heterocycles. The van der Waals surface area contributed by atoms with E-state index in [2.05, 4.69) is 6.92 Å². The summed E-state index contributed by atoms with van der Waals surface area (Å²) in [6.07, 6.45) is 2.69. The highest BCUT2D eigenvalue weighted by atomic mass is 16.4. The first-order chi connectivity index (χ1) is 7.26. The summed E-state index contributed by atoms with van der Waals surface area (Å²) < 4.78 is 9.97. The molecule has 0 unspecified atom stereocenters. The zero-order chi connectivity index (χ0) is 11.1. The van der Waals surface area contributed by atoms with Crippen LogP contribution in [0.3, 0.4) is 0 Å². The molecule has 0 amide bonds. The van der Waals surface area contributed by atoms with E-state index in [4.69, 9.17) is 13.9 Å². The van der Waals surface area contributed by atoms with Gasteiger partial charge in [0, 0.05) is 6.42 Å². The average Bonchev–Trinajstić information content (AvgIpc) is 2.88. The smallest absolute Gasteiger partial charge is 0.129 e. The fourth-order valence-electron chi connectivity index (χ4n) is 1.08. The molecule has 0 aliphatic carbocycles. The number of aliphatic hydroxyl groups is 1. The third-order valence-electron chi connectivity index (χ3n) is 1.88. The summed E-state index contributed by atoms with van der Waals surface area (Å²) in [7, 11) is 0. The quantitative estimate of drug-likeness (QED) is 0.825. The fraction of sp³-hybridized carbons (Fsp3) is 0.333. The third kappa shape index (κ3) is 4.04. The number of hydrogen-bond donors (Lipinski definition) is 1. The van der Waals surface area contributed by atoms with Crippen molar-refractivity contribution < 1.29 is 13.9 Å². The fourth-order valence-corrected chi connectivity index (χ4v) is 1.08. The molecule has 0 spiro atoms. The van der Waals surface area contributed by atoms with Crippen molar-refractivity contribution in [2.75, 3.05) is 0 Å². The lowest BCUT2D eigenvalue weighted by molar-refractivity contribution is 0.245. The van der Waals surface area contributed by atoms with Crippen molar-refractivity contribution >= 4 is 0 Å². The first-order valence-electron chi connectivity index (χ1n) is 4.94. The minimum Gasteiger partial charge on any atom is -0.469 e. The maximum Gasteiger partial charge on any atom is 0.129 e. The zero-order valence-corrected chi connectivity index (χ0v) is 9.06. The van der Waals surface area contributed by atoms with Crippen LogP contribution in [0.25, 0.3) is 0 Å². The van der Waals surface area contributed by atoms with Gasteiger partial charge in [0.05, 0.1) is 6.26 Å². The lowest BCUT2D eigenvalue weighted by Gasteiger charge is -1.82. The van der Waals surface area contributed by atoms with Crippen LogP contribution in [0.15, 0.2) is 39.4 Å². The first kappa shape index (κ1) is 11.6. The van der Waals surface area contributed by atoms with Crippen LogP contribution in [0, 0.1) is 6.92 Å². The van der Waals surface area contributed by atoms with Crippen LogP contribution in [0.4, 0.5) is 0 Å². The first-order valence-corrected chi connectivity index (χ1v) is 4.94. The van der Waals surface area contributed by atoms with Gasteiger partial charge in [-0.25, -0.2) is 0 Å². The Balaban J connectivity index is 0.000000151. The topological polar surface area (TPSA) is 46.5 Å². The Morgan fingerprint density at radius 2 is 2.00 bits per heavy atom. The third-order valence-corrected chi connectivity index (χ3v) is 1.88. The lowest BCUT2D eigenvalue weighted by Crippen LogP contribution is -1.73. The molecular weight excluding hydrogens is 192 g/mol. The summed E-state index contributed by atoms with van der Waals surface area (Å²) in [5.74, 6) is 2.52. The molecule has 15 heavy (non-hydrogen) atoms. The van der Waals surface area contributed by atoms with Gasteiger partial charge in [-0.3, -0.25) is 0 Å². The van der Waals surface area contributed by atoms with Crippen molar-refractivity contribution in [1.82, 2.24) is 0 Å². The summed E-state index contributed by atoms with van der Waals surface area (Å²) in [6, 6.07) is 7.46. The molecule has 2 rings (SSSR count). The van der Waals surface area contributed by atoms with Gasteiger partial charge in [0.25, 0.3) is 0 Å². The Hall–Kier alpha value is -1.48. The van der Waals surface area contributed by atoms with Crippen molar-refractivity contribution in [2.45, 2.75) is 26.9 Å². The Kier molecular flexibility index (Phi) is 4.71. The molecule has 0 fully saturated rings. The minimum absolute atomic E-state index is 0.00611. The van der Waals surface area contributed by atoms with Crippen LogP contribution >= 0.6 is 0 Å². The number of aliphatic hydroxyl groups excluding tert-OH is 1. The van der Waals surface area contributed by atoms with Crippen LogP contribution < -0.4 is 0 Å². The largest absolute Gasteiger partial charge is 0.469 e. The van der Waals surface area contributed by atoms with E-state index in [9.17, 15) is 0 Å². The van der Waals surface area contributed by atoms with Crippen LogP contribution in [-0.4, -0.2) is 5.11 Å². The van der Waals surface area contributed by atoms with E-state index in [1.807, 2.05) is 25.1 Å². The van der Waals surface area contributed by atoms with Gasteiger partial charge >= 0.3 is 0 Å². The van der Waals surface area contributed by atoms with E-state index in [1.165, 1.54) is 0 Å². The summed E-state index contributed by atoms with van der Waals surface area (Å²) in [4.78, 5) is 0. The van der Waals surface area contributed by atoms with Crippen LogP contribution in [0.2, 0.25) is 0 Å². The molecule has 0 radical (unpaired) electrons. The molecule has 82 valence electrons. The van der Waals surface area contributed by atoms with Gasteiger partial charge in [-0.2, -0.15) is 0 Å². The van der Waals surface area contributed by atoms with E-state index in [-0.39, 0.29) is 6.61 Å². The summed E-state index contributed by atoms with van der Waals surface area (Å²) >= 11 is 0. The second-order valence-electron chi connectivity index (χ2n) is 3.10. The standard InChI is InChI=1S/C6H8O2.C6H8O/c1-5-2-3-6(4-7)8-5;1-2-6-4-3-5-7-6/h2-3,7H,4H2,1H3;3-5H,2H2,1H3. The molecule has 3 nitrogen and oxygen atoms in total. The molecule has 3 heteroatoms. The molecule has 0 aromatic carbocycles. The highest BCUT2D eigenvalue weighted by Gasteiger charge is 1.92. The maximum absolute atomic E-state index is 8.46. The van der Waals surface area contributed by atoms with E-state index >= 15 is 0 Å². The Morgan fingerprint density at radius 1 is 1.20 bits per heavy atom. The monoisotopic (exact) mass is 208 g/mol. The Morgan fingerprint density at radius 3 is 2.27 bits per heavy atom. The van der Waals surface area contributed by atoms with Gasteiger partial charge in [-0.05, 0) is 31.2 Å². The Labute approximate surface area is 89.3 Å². The van der Waals surface area contributed by atoms with E-state index in [1.54, 1.807) is 12.3 Å². The van der Waals surface area contributed by atoms with Crippen molar-refractivity contribution in [1.29, 1.82) is 0 Å². The van der Waals surface area contributed by atoms with E-state index in [0.717, 1.165) is 17.9 Å². The van der Waals surface area contributed by atoms with Crippen molar-refractivity contribution in [3.05, 3.63) is 47.8 Å². The highest BCUT2D eigenvalue weighted by molar-refractivity contribution is 5.03. The molecule has 2 aromatic rings. The van der Waals surface area contributed by atoms with Crippen molar-refractivity contribution in [3.8, 4) is 0 Å². The normalized spacial score (nSPS) is 9.53. The van der Waals surface area contributed by atoms with Gasteiger partial charge < -0.3 is 13.9 Å². The van der Waals surface area contributed by atoms with E-state index < -0.39 is 0 Å². The molecule has 1 N–H and O–H groups in total. The van der Waals surface area contributed by atoms with Gasteiger partial charge in [0.1, 0.15) is 23.9 Å². The maximum atomic E-state index is 8.46. The number of rotatable bonds is 2. The average molecular weight is 208 g/mol. The lowest BCUT2D eigenvalue weighted by atomic mass is 10.4. The summed E-state index contributed by atoms with van der Waals surface area (Å²) in [5.41, 5.74) is 0. The predicted molar refractivity (Wildman–Crippen MR) is 57.5 cm³/mol. The zero-order valence-electron chi connectivity index (χ0n) is 9.06. The van der Waals surface area contributed by atoms with Gasteiger partial charge in [0.2, 0.25) is 0 Å². The summed E-state index contributed by atoms with van der Waals surface area (Å²) in [5, 5.41) is 8.46. The molecule has 0 bridgehead atoms. The molecule has 0 atom stereocenters. The van der Waals surface area contributed by atoms with Gasteiger partial charge in [0.15, 0.2) is 0 Å². The Bertz CT molecular complexity index is 360. The summed E-state index contributed by atoms with van der Waals surface area (Å²) in [6.45, 7) is 3.91. The molecule has 0 aliphatic heterocycles. The van der Waals surface area contributed by atoms with Gasteiger partial charge in [-0.15, -0.1) is 0 Å². The molecule has 0 saturated heterocycles. The predicted octanol–water partition coefficient (Wildman–Crippen LogP) is 2.92. The number of furan rings is 2. The van der Waals surface area contributed by atoms with Crippen LogP contribution in [0.5, 0.6) is 0 Å². The minimum atomic E-state index is -0.00611. The number of hydrogen-bond acceptors (Lipinski definition) is 3. The van der Waals surface area contributed by atoms with Crippen LogP contribution in [0.1, 0.15) is 24.2 Å². The van der Waals surface area contributed by atoms with E-state index in [0.29, 0.717) is 5.76 Å². The molecular formula is C12H16O3. The van der Waals surface area contributed by atoms with Crippen LogP contribution in [-0.2, 0) is 13.0 Å². The molecule has 0 aliphatic rings. The second-order valence-corrected chi connectivity index (χ2v) is 3.10. The molecule has 0 saturated carbocycles. The SMILES string of the molecule is CCc1ccco1.Cc1ccc(CO)o1. The van der Waals surface area contributed by atoms with Crippen molar-refractivity contribution in [3.63, 3.8) is 0 Å².